The molecule has 1 aromatic carbocycles. The van der Waals surface area contributed by atoms with Crippen LogP contribution in [0.25, 0.3) is 0 Å². The van der Waals surface area contributed by atoms with E-state index in [2.05, 4.69) is 16.6 Å². The van der Waals surface area contributed by atoms with E-state index in [1.807, 2.05) is 22.6 Å². The lowest BCUT2D eigenvalue weighted by atomic mass is 10.2. The zero-order valence-corrected chi connectivity index (χ0v) is 20.0. The van der Waals surface area contributed by atoms with Crippen molar-refractivity contribution < 1.29 is 31.4 Å². The van der Waals surface area contributed by atoms with Crippen molar-refractivity contribution in [1.82, 2.24) is 0 Å². The highest BCUT2D eigenvalue weighted by Crippen LogP contribution is 2.49. The fourth-order valence-corrected chi connectivity index (χ4v) is 4.94. The molecule has 0 bridgehead atoms. The fourth-order valence-electron chi connectivity index (χ4n) is 2.92. The van der Waals surface area contributed by atoms with Crippen LogP contribution in [0.1, 0.15) is 32.6 Å². The molecule has 0 spiro atoms. The lowest BCUT2D eigenvalue weighted by Gasteiger charge is -2.22. The Bertz CT molecular complexity index is 1020. The van der Waals surface area contributed by atoms with Gasteiger partial charge in [0.15, 0.2) is 11.6 Å². The molecule has 1 aliphatic rings. The Kier molecular flexibility index (Phi) is 8.45. The smallest absolute Gasteiger partial charge is 0.238 e. The molecule has 0 heterocycles. The number of rotatable bonds is 11. The fraction of sp³-hybridized carbons (Fsp3) is 0.400. The van der Waals surface area contributed by atoms with Gasteiger partial charge in [-0.15, -0.1) is 0 Å². The maximum atomic E-state index is 14.7. The number of hydrogen-bond acceptors (Lipinski definition) is 5. The SMILES string of the molecule is C=C(Nc1c(F)c(F)cc(OC)c1NS(=O)(=O)C1(CCCO)CC1)/C(F)=C\C(I)=C/C. The van der Waals surface area contributed by atoms with Gasteiger partial charge in [0.05, 0.1) is 17.6 Å². The zero-order chi connectivity index (χ0) is 23.4. The van der Waals surface area contributed by atoms with E-state index in [-0.39, 0.29) is 25.2 Å². The second-order valence-electron chi connectivity index (χ2n) is 7.01. The van der Waals surface area contributed by atoms with E-state index >= 15 is 0 Å². The van der Waals surface area contributed by atoms with Crippen LogP contribution in [0.15, 0.2) is 39.9 Å². The molecule has 1 aliphatic carbocycles. The minimum Gasteiger partial charge on any atom is -0.494 e. The van der Waals surface area contributed by atoms with Crippen molar-refractivity contribution in [2.75, 3.05) is 23.8 Å². The molecule has 0 unspecified atom stereocenters. The monoisotopic (exact) mass is 572 g/mol. The third-order valence-corrected chi connectivity index (χ3v) is 8.07. The van der Waals surface area contributed by atoms with Gasteiger partial charge in [0.2, 0.25) is 10.0 Å². The molecule has 1 aromatic rings. The van der Waals surface area contributed by atoms with Gasteiger partial charge in [-0.25, -0.2) is 21.6 Å². The number of ether oxygens (including phenoxy) is 1. The van der Waals surface area contributed by atoms with Crippen molar-refractivity contribution in [2.45, 2.75) is 37.4 Å². The first-order chi connectivity index (χ1) is 14.5. The maximum Gasteiger partial charge on any atom is 0.238 e. The van der Waals surface area contributed by atoms with E-state index in [9.17, 15) is 21.6 Å². The van der Waals surface area contributed by atoms with Gasteiger partial charge in [0.25, 0.3) is 0 Å². The summed E-state index contributed by atoms with van der Waals surface area (Å²) in [6, 6.07) is 0.698. The first-order valence-electron chi connectivity index (χ1n) is 9.36. The summed E-state index contributed by atoms with van der Waals surface area (Å²) in [5, 5.41) is 11.4. The van der Waals surface area contributed by atoms with Crippen molar-refractivity contribution in [2.24, 2.45) is 0 Å². The molecule has 3 N–H and O–H groups in total. The van der Waals surface area contributed by atoms with Crippen molar-refractivity contribution in [3.63, 3.8) is 0 Å². The standard InChI is InChI=1S/C20H24F3IN2O4S/c1-4-13(24)10-14(21)12(2)25-19-17(23)15(22)11-16(30-3)18(19)26-31(28,29)20(7-8-20)6-5-9-27/h4,10-11,25-27H,2,5-9H2,1,3H3/b13-4+,14-10+. The zero-order valence-electron chi connectivity index (χ0n) is 17.1. The van der Waals surface area contributed by atoms with Gasteiger partial charge in [-0.3, -0.25) is 4.72 Å². The summed E-state index contributed by atoms with van der Waals surface area (Å²) in [7, 11) is -2.89. The molecule has 0 radical (unpaired) electrons. The van der Waals surface area contributed by atoms with E-state index < -0.39 is 49.3 Å². The number of benzene rings is 1. The van der Waals surface area contributed by atoms with Crippen LogP contribution in [-0.4, -0.2) is 32.0 Å². The number of aliphatic hydroxyl groups is 1. The quantitative estimate of drug-likeness (QED) is 0.253. The number of anilines is 2. The number of methoxy groups -OCH3 is 1. The van der Waals surface area contributed by atoms with Crippen molar-refractivity contribution in [3.05, 3.63) is 51.5 Å². The molecular weight excluding hydrogens is 548 g/mol. The second kappa shape index (κ2) is 10.3. The highest BCUT2D eigenvalue weighted by molar-refractivity contribution is 14.1. The molecule has 6 nitrogen and oxygen atoms in total. The summed E-state index contributed by atoms with van der Waals surface area (Å²) in [4.78, 5) is 0. The Morgan fingerprint density at radius 2 is 2.03 bits per heavy atom. The molecular formula is C20H24F3IN2O4S. The van der Waals surface area contributed by atoms with Crippen LogP contribution in [0.3, 0.4) is 0 Å². The van der Waals surface area contributed by atoms with Crippen LogP contribution >= 0.6 is 22.6 Å². The molecule has 11 heteroatoms. The average molecular weight is 572 g/mol. The number of halogens is 4. The second-order valence-corrected chi connectivity index (χ2v) is 10.3. The Morgan fingerprint density at radius 1 is 1.39 bits per heavy atom. The molecule has 0 saturated heterocycles. The molecule has 1 saturated carbocycles. The van der Waals surface area contributed by atoms with Crippen LogP contribution in [0, 0.1) is 11.6 Å². The summed E-state index contributed by atoms with van der Waals surface area (Å²) in [5.41, 5.74) is -1.45. The number of hydrogen-bond donors (Lipinski definition) is 3. The van der Waals surface area contributed by atoms with E-state index in [0.717, 1.165) is 13.2 Å². The van der Waals surface area contributed by atoms with Gasteiger partial charge in [-0.2, -0.15) is 0 Å². The van der Waals surface area contributed by atoms with Crippen molar-refractivity contribution >= 4 is 44.0 Å². The summed E-state index contributed by atoms with van der Waals surface area (Å²) < 4.78 is 75.9. The molecule has 0 aromatic heterocycles. The first-order valence-corrected chi connectivity index (χ1v) is 11.9. The Balaban J connectivity index is 2.49. The highest BCUT2D eigenvalue weighted by Gasteiger charge is 2.54. The normalized spacial score (nSPS) is 16.1. The Morgan fingerprint density at radius 3 is 2.55 bits per heavy atom. The van der Waals surface area contributed by atoms with Gasteiger partial charge in [0.1, 0.15) is 23.0 Å². The number of aliphatic hydroxyl groups excluding tert-OH is 1. The van der Waals surface area contributed by atoms with Crippen LogP contribution in [-0.2, 0) is 10.0 Å². The summed E-state index contributed by atoms with van der Waals surface area (Å²) in [6.45, 7) is 5.00. The van der Waals surface area contributed by atoms with E-state index in [0.29, 0.717) is 22.5 Å². The molecule has 2 rings (SSSR count). The van der Waals surface area contributed by atoms with Crippen molar-refractivity contribution in [1.29, 1.82) is 0 Å². The van der Waals surface area contributed by atoms with E-state index in [1.165, 1.54) is 0 Å². The molecule has 31 heavy (non-hydrogen) atoms. The van der Waals surface area contributed by atoms with Gasteiger partial charge in [0, 0.05) is 16.3 Å². The third kappa shape index (κ3) is 5.75. The molecule has 1 fully saturated rings. The Hall–Kier alpha value is -1.73. The largest absolute Gasteiger partial charge is 0.494 e. The van der Waals surface area contributed by atoms with Crippen LogP contribution < -0.4 is 14.8 Å². The Labute approximate surface area is 193 Å². The molecule has 172 valence electrons. The molecule has 0 aliphatic heterocycles. The highest BCUT2D eigenvalue weighted by atomic mass is 127. The van der Waals surface area contributed by atoms with E-state index in [1.54, 1.807) is 13.0 Å². The summed E-state index contributed by atoms with van der Waals surface area (Å²) in [5.74, 6) is -3.87. The summed E-state index contributed by atoms with van der Waals surface area (Å²) >= 11 is 1.87. The minimum atomic E-state index is -4.06. The first kappa shape index (κ1) is 25.5. The minimum absolute atomic E-state index is 0.172. The van der Waals surface area contributed by atoms with Crippen LogP contribution in [0.2, 0.25) is 0 Å². The topological polar surface area (TPSA) is 87.7 Å². The number of nitrogens with one attached hydrogen (secondary N) is 2. The molecule has 0 amide bonds. The van der Waals surface area contributed by atoms with Crippen LogP contribution in [0.4, 0.5) is 24.5 Å². The maximum absolute atomic E-state index is 14.7. The predicted octanol–water partition coefficient (Wildman–Crippen LogP) is 5.14. The summed E-state index contributed by atoms with van der Waals surface area (Å²) in [6.07, 6.45) is 3.96. The van der Waals surface area contributed by atoms with E-state index in [4.69, 9.17) is 9.84 Å². The molecule has 0 atom stereocenters. The third-order valence-electron chi connectivity index (χ3n) is 4.91. The van der Waals surface area contributed by atoms with Gasteiger partial charge < -0.3 is 15.2 Å². The van der Waals surface area contributed by atoms with Gasteiger partial charge in [-0.05, 0) is 61.3 Å². The predicted molar refractivity (Wildman–Crippen MR) is 123 cm³/mol. The van der Waals surface area contributed by atoms with Crippen LogP contribution in [0.5, 0.6) is 5.75 Å². The number of sulfonamides is 1. The van der Waals surface area contributed by atoms with Gasteiger partial charge in [-0.1, -0.05) is 12.7 Å². The number of allylic oxidation sites excluding steroid dienone is 4. The van der Waals surface area contributed by atoms with Crippen molar-refractivity contribution in [3.8, 4) is 5.75 Å². The lowest BCUT2D eigenvalue weighted by Crippen LogP contribution is -2.30. The average Bonchev–Trinajstić information content (AvgIpc) is 3.53. The lowest BCUT2D eigenvalue weighted by molar-refractivity contribution is 0.282. The van der Waals surface area contributed by atoms with Gasteiger partial charge >= 0.3 is 0 Å².